The third-order valence-electron chi connectivity index (χ3n) is 5.34. The van der Waals surface area contributed by atoms with Crippen LogP contribution in [0.3, 0.4) is 0 Å². The monoisotopic (exact) mass is 459 g/mol. The lowest BCUT2D eigenvalue weighted by atomic mass is 9.93. The summed E-state index contributed by atoms with van der Waals surface area (Å²) in [5.74, 6) is -0.358. The summed E-state index contributed by atoms with van der Waals surface area (Å²) in [6, 6.07) is 8.70. The highest BCUT2D eigenvalue weighted by Gasteiger charge is 2.43. The molecule has 0 unspecified atom stereocenters. The van der Waals surface area contributed by atoms with E-state index in [2.05, 4.69) is 10.6 Å². The maximum Gasteiger partial charge on any atom is 0.416 e. The van der Waals surface area contributed by atoms with E-state index in [1.165, 1.54) is 0 Å². The second kappa shape index (κ2) is 7.14. The van der Waals surface area contributed by atoms with Crippen molar-refractivity contribution >= 4 is 33.2 Å². The molecule has 2 aromatic carbocycles. The topological polar surface area (TPSA) is 78.5 Å². The van der Waals surface area contributed by atoms with Gasteiger partial charge in [-0.15, -0.1) is 0 Å². The number of nitrogens with one attached hydrogen (secondary N) is 2. The first-order valence-corrected chi connectivity index (χ1v) is 10.9. The Balaban J connectivity index is 1.54. The summed E-state index contributed by atoms with van der Waals surface area (Å²) in [6.07, 6.45) is -4.16. The summed E-state index contributed by atoms with van der Waals surface area (Å²) in [7, 11) is -4.11. The van der Waals surface area contributed by atoms with E-state index in [0.717, 1.165) is 22.5 Å². The SMILES string of the molecule is O=C1NC2(CCN(S(=O)(=O)c3cccc(C(F)(F)F)c3)CC2)Nc2cccc(Cl)c21. The fourth-order valence-electron chi connectivity index (χ4n) is 3.77. The highest BCUT2D eigenvalue weighted by molar-refractivity contribution is 7.89. The van der Waals surface area contributed by atoms with Crippen LogP contribution in [0, 0.1) is 0 Å². The van der Waals surface area contributed by atoms with Gasteiger partial charge in [-0.3, -0.25) is 4.79 Å². The summed E-state index contributed by atoms with van der Waals surface area (Å²) in [6.45, 7) is 0.0590. The molecule has 1 spiro atoms. The van der Waals surface area contributed by atoms with Gasteiger partial charge in [0.1, 0.15) is 5.66 Å². The van der Waals surface area contributed by atoms with E-state index in [9.17, 15) is 26.4 Å². The molecule has 0 aromatic heterocycles. The van der Waals surface area contributed by atoms with Gasteiger partial charge in [-0.2, -0.15) is 17.5 Å². The molecule has 1 fully saturated rings. The summed E-state index contributed by atoms with van der Waals surface area (Å²) in [5, 5.41) is 6.41. The van der Waals surface area contributed by atoms with E-state index in [0.29, 0.717) is 22.3 Å². The van der Waals surface area contributed by atoms with Gasteiger partial charge < -0.3 is 10.6 Å². The van der Waals surface area contributed by atoms with Gasteiger partial charge in [-0.25, -0.2) is 8.42 Å². The molecule has 2 aliphatic heterocycles. The largest absolute Gasteiger partial charge is 0.416 e. The molecule has 0 aliphatic carbocycles. The fourth-order valence-corrected chi connectivity index (χ4v) is 5.52. The van der Waals surface area contributed by atoms with Crippen molar-refractivity contribution in [3.63, 3.8) is 0 Å². The van der Waals surface area contributed by atoms with Crippen LogP contribution in [0.15, 0.2) is 47.4 Å². The van der Waals surface area contributed by atoms with E-state index in [1.807, 2.05) is 0 Å². The minimum absolute atomic E-state index is 0.0295. The van der Waals surface area contributed by atoms with Crippen LogP contribution in [0.5, 0.6) is 0 Å². The minimum Gasteiger partial charge on any atom is -0.362 e. The highest BCUT2D eigenvalue weighted by Crippen LogP contribution is 2.36. The summed E-state index contributed by atoms with van der Waals surface area (Å²) < 4.78 is 65.8. The Morgan fingerprint density at radius 2 is 1.70 bits per heavy atom. The van der Waals surface area contributed by atoms with Gasteiger partial charge in [-0.1, -0.05) is 23.7 Å². The second-order valence-electron chi connectivity index (χ2n) is 7.25. The number of piperidine rings is 1. The molecular weight excluding hydrogens is 443 g/mol. The number of fused-ring (bicyclic) bond motifs is 1. The first-order valence-electron chi connectivity index (χ1n) is 9.09. The molecule has 0 radical (unpaired) electrons. The van der Waals surface area contributed by atoms with Crippen LogP contribution >= 0.6 is 11.6 Å². The average Bonchev–Trinajstić information content (AvgIpc) is 2.67. The smallest absolute Gasteiger partial charge is 0.362 e. The molecule has 2 aliphatic rings. The maximum atomic E-state index is 13.0. The van der Waals surface area contributed by atoms with Crippen molar-refractivity contribution in [2.45, 2.75) is 29.6 Å². The fraction of sp³-hybridized carbons (Fsp3) is 0.316. The lowest BCUT2D eigenvalue weighted by molar-refractivity contribution is -0.137. The van der Waals surface area contributed by atoms with Crippen LogP contribution < -0.4 is 10.6 Å². The van der Waals surface area contributed by atoms with Crippen LogP contribution in [-0.4, -0.2) is 37.4 Å². The minimum atomic E-state index is -4.64. The molecule has 160 valence electrons. The van der Waals surface area contributed by atoms with E-state index in [1.54, 1.807) is 18.2 Å². The number of rotatable bonds is 2. The molecule has 4 rings (SSSR count). The molecule has 1 saturated heterocycles. The van der Waals surface area contributed by atoms with Gasteiger partial charge in [-0.05, 0) is 30.3 Å². The molecule has 1 amide bonds. The first-order chi connectivity index (χ1) is 14.0. The van der Waals surface area contributed by atoms with Crippen LogP contribution in [0.2, 0.25) is 5.02 Å². The number of carbonyl (C=O) groups is 1. The number of nitrogens with zero attached hydrogens (tertiary/aromatic N) is 1. The molecule has 30 heavy (non-hydrogen) atoms. The van der Waals surface area contributed by atoms with Gasteiger partial charge >= 0.3 is 6.18 Å². The zero-order valence-corrected chi connectivity index (χ0v) is 17.0. The van der Waals surface area contributed by atoms with Crippen molar-refractivity contribution < 1.29 is 26.4 Å². The predicted octanol–water partition coefficient (Wildman–Crippen LogP) is 3.70. The van der Waals surface area contributed by atoms with Gasteiger partial charge in [0, 0.05) is 25.9 Å². The lowest BCUT2D eigenvalue weighted by Gasteiger charge is -2.45. The molecule has 6 nitrogen and oxygen atoms in total. The zero-order chi connectivity index (χ0) is 21.7. The predicted molar refractivity (Wildman–Crippen MR) is 105 cm³/mol. The van der Waals surface area contributed by atoms with Crippen LogP contribution in [0.4, 0.5) is 18.9 Å². The number of amides is 1. The van der Waals surface area contributed by atoms with Crippen molar-refractivity contribution in [2.75, 3.05) is 18.4 Å². The van der Waals surface area contributed by atoms with E-state index >= 15 is 0 Å². The zero-order valence-electron chi connectivity index (χ0n) is 15.5. The number of anilines is 1. The Hall–Kier alpha value is -2.30. The van der Waals surface area contributed by atoms with Gasteiger partial charge in [0.15, 0.2) is 0 Å². The van der Waals surface area contributed by atoms with Gasteiger partial charge in [0.05, 0.1) is 26.7 Å². The molecule has 0 saturated carbocycles. The number of hydrogen-bond acceptors (Lipinski definition) is 4. The van der Waals surface area contributed by atoms with Crippen molar-refractivity contribution in [1.82, 2.24) is 9.62 Å². The number of carbonyl (C=O) groups excluding carboxylic acids is 1. The van der Waals surface area contributed by atoms with Crippen molar-refractivity contribution in [1.29, 1.82) is 0 Å². The Labute approximate surface area is 176 Å². The van der Waals surface area contributed by atoms with Crippen LogP contribution in [0.1, 0.15) is 28.8 Å². The average molecular weight is 460 g/mol. The van der Waals surface area contributed by atoms with E-state index in [-0.39, 0.29) is 31.8 Å². The number of hydrogen-bond donors (Lipinski definition) is 2. The third-order valence-corrected chi connectivity index (χ3v) is 7.55. The maximum absolute atomic E-state index is 13.0. The second-order valence-corrected chi connectivity index (χ2v) is 9.60. The normalized spacial score (nSPS) is 19.1. The Morgan fingerprint density at radius 3 is 2.37 bits per heavy atom. The molecule has 11 heteroatoms. The summed E-state index contributed by atoms with van der Waals surface area (Å²) in [5.41, 5.74) is -0.995. The Kier molecular flexibility index (Phi) is 4.99. The molecular formula is C19H17ClF3N3O3S. The molecule has 2 heterocycles. The van der Waals surface area contributed by atoms with Gasteiger partial charge in [0.2, 0.25) is 10.0 Å². The molecule has 0 atom stereocenters. The van der Waals surface area contributed by atoms with Crippen molar-refractivity contribution in [3.05, 3.63) is 58.6 Å². The van der Waals surface area contributed by atoms with Crippen molar-refractivity contribution in [3.8, 4) is 0 Å². The lowest BCUT2D eigenvalue weighted by Crippen LogP contribution is -2.62. The number of halogens is 4. The standard InChI is InChI=1S/C19H17ClF3N3O3S/c20-14-5-2-6-15-16(14)17(27)25-18(24-15)7-9-26(10-8-18)30(28,29)13-4-1-3-12(11-13)19(21,22)23/h1-6,11,24H,7-10H2,(H,25,27). The third kappa shape index (κ3) is 3.63. The van der Waals surface area contributed by atoms with Gasteiger partial charge in [0.25, 0.3) is 5.91 Å². The van der Waals surface area contributed by atoms with E-state index < -0.39 is 32.3 Å². The molecule has 0 bridgehead atoms. The highest BCUT2D eigenvalue weighted by atomic mass is 35.5. The summed E-state index contributed by atoms with van der Waals surface area (Å²) >= 11 is 6.09. The molecule has 2 aromatic rings. The summed E-state index contributed by atoms with van der Waals surface area (Å²) in [4.78, 5) is 12.1. The van der Waals surface area contributed by atoms with E-state index in [4.69, 9.17) is 11.6 Å². The Bertz CT molecular complexity index is 1110. The quantitative estimate of drug-likeness (QED) is 0.718. The van der Waals surface area contributed by atoms with Crippen molar-refractivity contribution in [2.24, 2.45) is 0 Å². The first kappa shape index (κ1) is 21.0. The van der Waals surface area contributed by atoms with Crippen LogP contribution in [0.25, 0.3) is 0 Å². The Morgan fingerprint density at radius 1 is 1.03 bits per heavy atom. The molecule has 2 N–H and O–H groups in total. The number of sulfonamides is 1. The number of benzene rings is 2. The number of alkyl halides is 3. The van der Waals surface area contributed by atoms with Crippen LogP contribution in [-0.2, 0) is 16.2 Å².